The Morgan fingerprint density at radius 1 is 1.34 bits per heavy atom. The van der Waals surface area contributed by atoms with E-state index in [4.69, 9.17) is 5.73 Å². The zero-order valence-corrected chi connectivity index (χ0v) is 17.2. The first-order valence-electron chi connectivity index (χ1n) is 9.88. The van der Waals surface area contributed by atoms with Gasteiger partial charge in [-0.25, -0.2) is 9.97 Å². The SMILES string of the molecule is CC(Cc1cnc[nH]1)C(=O)NCC1CCC(C)(C)CN1C(=O)c1cncc(N)n1. The minimum atomic E-state index is -0.206. The molecule has 2 atom stereocenters. The first kappa shape index (κ1) is 20.8. The summed E-state index contributed by atoms with van der Waals surface area (Å²) in [5.41, 5.74) is 6.84. The number of nitrogens with one attached hydrogen (secondary N) is 2. The van der Waals surface area contributed by atoms with Crippen molar-refractivity contribution in [3.05, 3.63) is 36.3 Å². The van der Waals surface area contributed by atoms with Gasteiger partial charge in [0, 0.05) is 43.4 Å². The highest BCUT2D eigenvalue weighted by molar-refractivity contribution is 5.92. The molecule has 2 unspecified atom stereocenters. The molecule has 1 aliphatic heterocycles. The van der Waals surface area contributed by atoms with Gasteiger partial charge in [0.1, 0.15) is 11.5 Å². The molecule has 9 nitrogen and oxygen atoms in total. The Kier molecular flexibility index (Phi) is 6.14. The molecule has 1 fully saturated rings. The van der Waals surface area contributed by atoms with Crippen molar-refractivity contribution in [1.29, 1.82) is 0 Å². The number of likely N-dealkylation sites (tertiary alicyclic amines) is 1. The van der Waals surface area contributed by atoms with Crippen LogP contribution in [0.1, 0.15) is 49.8 Å². The maximum atomic E-state index is 13.1. The summed E-state index contributed by atoms with van der Waals surface area (Å²) in [6.07, 6.45) is 8.54. The van der Waals surface area contributed by atoms with E-state index < -0.39 is 0 Å². The Hall–Kier alpha value is -2.97. The lowest BCUT2D eigenvalue weighted by molar-refractivity contribution is -0.124. The molecule has 0 aliphatic carbocycles. The van der Waals surface area contributed by atoms with E-state index in [9.17, 15) is 9.59 Å². The third-order valence-corrected chi connectivity index (χ3v) is 5.37. The number of nitrogens with zero attached hydrogens (tertiary/aromatic N) is 4. The average Bonchev–Trinajstić information content (AvgIpc) is 3.18. The molecule has 29 heavy (non-hydrogen) atoms. The van der Waals surface area contributed by atoms with Crippen LogP contribution in [0.4, 0.5) is 5.82 Å². The zero-order valence-electron chi connectivity index (χ0n) is 17.2. The number of nitrogen functional groups attached to an aromatic ring is 1. The van der Waals surface area contributed by atoms with Gasteiger partial charge in [0.05, 0.1) is 18.7 Å². The van der Waals surface area contributed by atoms with E-state index in [0.717, 1.165) is 18.5 Å². The fourth-order valence-electron chi connectivity index (χ4n) is 3.68. The largest absolute Gasteiger partial charge is 0.382 e. The molecule has 0 spiro atoms. The van der Waals surface area contributed by atoms with E-state index in [1.165, 1.54) is 12.4 Å². The van der Waals surface area contributed by atoms with E-state index >= 15 is 0 Å². The maximum Gasteiger partial charge on any atom is 0.274 e. The van der Waals surface area contributed by atoms with Crippen LogP contribution in [0, 0.1) is 11.3 Å². The van der Waals surface area contributed by atoms with Crippen molar-refractivity contribution in [2.45, 2.75) is 46.1 Å². The quantitative estimate of drug-likeness (QED) is 0.673. The molecule has 1 aliphatic rings. The highest BCUT2D eigenvalue weighted by Crippen LogP contribution is 2.32. The highest BCUT2D eigenvalue weighted by Gasteiger charge is 2.37. The summed E-state index contributed by atoms with van der Waals surface area (Å²) in [5.74, 6) is -0.230. The lowest BCUT2D eigenvalue weighted by atomic mass is 9.81. The molecule has 4 N–H and O–H groups in total. The molecule has 2 aromatic heterocycles. The molecule has 3 heterocycles. The maximum absolute atomic E-state index is 13.1. The Morgan fingerprint density at radius 3 is 2.83 bits per heavy atom. The van der Waals surface area contributed by atoms with Crippen molar-refractivity contribution in [1.82, 2.24) is 30.2 Å². The second kappa shape index (κ2) is 8.59. The fourth-order valence-corrected chi connectivity index (χ4v) is 3.68. The van der Waals surface area contributed by atoms with Gasteiger partial charge in [0.2, 0.25) is 5.91 Å². The summed E-state index contributed by atoms with van der Waals surface area (Å²) in [7, 11) is 0. The average molecular weight is 399 g/mol. The summed E-state index contributed by atoms with van der Waals surface area (Å²) >= 11 is 0. The number of imidazole rings is 1. The molecule has 156 valence electrons. The van der Waals surface area contributed by atoms with Crippen LogP contribution >= 0.6 is 0 Å². The molecule has 0 radical (unpaired) electrons. The van der Waals surface area contributed by atoms with Gasteiger partial charge in [0.25, 0.3) is 5.91 Å². The van der Waals surface area contributed by atoms with E-state index in [2.05, 4.69) is 39.1 Å². The fraction of sp³-hybridized carbons (Fsp3) is 0.550. The summed E-state index contributed by atoms with van der Waals surface area (Å²) in [6, 6.07) is -0.0953. The molecule has 0 saturated carbocycles. The Bertz CT molecular complexity index is 850. The molecule has 1 saturated heterocycles. The minimum absolute atomic E-state index is 0.00215. The summed E-state index contributed by atoms with van der Waals surface area (Å²) in [6.45, 7) is 7.15. The van der Waals surface area contributed by atoms with Crippen molar-refractivity contribution in [3.8, 4) is 0 Å². The number of carbonyl (C=O) groups excluding carboxylic acids is 2. The van der Waals surface area contributed by atoms with Crippen LogP contribution in [0.2, 0.25) is 0 Å². The van der Waals surface area contributed by atoms with Gasteiger partial charge < -0.3 is 20.9 Å². The molecule has 0 bridgehead atoms. The van der Waals surface area contributed by atoms with Gasteiger partial charge >= 0.3 is 0 Å². The predicted octanol–water partition coefficient (Wildman–Crippen LogP) is 1.41. The second-order valence-electron chi connectivity index (χ2n) is 8.55. The van der Waals surface area contributed by atoms with Crippen LogP contribution in [0.3, 0.4) is 0 Å². The summed E-state index contributed by atoms with van der Waals surface area (Å²) in [5, 5.41) is 3.01. The van der Waals surface area contributed by atoms with E-state index in [1.54, 1.807) is 17.4 Å². The van der Waals surface area contributed by atoms with Gasteiger partial charge in [-0.1, -0.05) is 20.8 Å². The van der Waals surface area contributed by atoms with E-state index in [-0.39, 0.29) is 40.7 Å². The van der Waals surface area contributed by atoms with Gasteiger partial charge in [0.15, 0.2) is 0 Å². The number of nitrogens with two attached hydrogens (primary N) is 1. The van der Waals surface area contributed by atoms with Crippen molar-refractivity contribution < 1.29 is 9.59 Å². The normalized spacial score (nSPS) is 19.6. The first-order valence-corrected chi connectivity index (χ1v) is 9.88. The van der Waals surface area contributed by atoms with Crippen LogP contribution in [0.15, 0.2) is 24.9 Å². The minimum Gasteiger partial charge on any atom is -0.382 e. The third-order valence-electron chi connectivity index (χ3n) is 5.37. The van der Waals surface area contributed by atoms with Crippen LogP contribution in [-0.2, 0) is 11.2 Å². The number of rotatable bonds is 6. The van der Waals surface area contributed by atoms with Crippen molar-refractivity contribution in [2.75, 3.05) is 18.8 Å². The Balaban J connectivity index is 1.65. The smallest absolute Gasteiger partial charge is 0.274 e. The number of hydrogen-bond donors (Lipinski definition) is 3. The Labute approximate surface area is 170 Å². The van der Waals surface area contributed by atoms with Crippen LogP contribution in [-0.4, -0.2) is 55.8 Å². The molecular formula is C20H29N7O2. The number of aromatic nitrogens is 4. The standard InChI is InChI=1S/C20H29N7O2/c1-13(6-14-7-23-12-25-14)18(28)24-8-15-4-5-20(2,3)11-27(15)19(29)16-9-22-10-17(21)26-16/h7,9-10,12-13,15H,4-6,8,11H2,1-3H3,(H2,21,26)(H,23,25)(H,24,28). The van der Waals surface area contributed by atoms with E-state index in [1.807, 2.05) is 6.92 Å². The van der Waals surface area contributed by atoms with Crippen molar-refractivity contribution in [3.63, 3.8) is 0 Å². The molecule has 2 aromatic rings. The van der Waals surface area contributed by atoms with E-state index in [0.29, 0.717) is 19.5 Å². The number of hydrogen-bond acceptors (Lipinski definition) is 6. The summed E-state index contributed by atoms with van der Waals surface area (Å²) < 4.78 is 0. The molecule has 9 heteroatoms. The van der Waals surface area contributed by atoms with Gasteiger partial charge in [-0.15, -0.1) is 0 Å². The second-order valence-corrected chi connectivity index (χ2v) is 8.55. The molecule has 3 rings (SSSR count). The van der Waals surface area contributed by atoms with Crippen molar-refractivity contribution >= 4 is 17.6 Å². The molecule has 0 aromatic carbocycles. The van der Waals surface area contributed by atoms with Crippen molar-refractivity contribution in [2.24, 2.45) is 11.3 Å². The van der Waals surface area contributed by atoms with Crippen LogP contribution in [0.5, 0.6) is 0 Å². The monoisotopic (exact) mass is 399 g/mol. The Morgan fingerprint density at radius 2 is 2.14 bits per heavy atom. The summed E-state index contributed by atoms with van der Waals surface area (Å²) in [4.78, 5) is 42.5. The third kappa shape index (κ3) is 5.30. The zero-order chi connectivity index (χ0) is 21.0. The van der Waals surface area contributed by atoms with Gasteiger partial charge in [-0.3, -0.25) is 14.6 Å². The topological polar surface area (TPSA) is 130 Å². The number of H-pyrrole nitrogens is 1. The van der Waals surface area contributed by atoms with Crippen LogP contribution < -0.4 is 11.1 Å². The number of aromatic amines is 1. The highest BCUT2D eigenvalue weighted by atomic mass is 16.2. The van der Waals surface area contributed by atoms with Gasteiger partial charge in [-0.05, 0) is 18.3 Å². The number of amides is 2. The molecular weight excluding hydrogens is 370 g/mol. The lowest BCUT2D eigenvalue weighted by Gasteiger charge is -2.43. The van der Waals surface area contributed by atoms with Crippen LogP contribution in [0.25, 0.3) is 0 Å². The molecule has 2 amide bonds. The lowest BCUT2D eigenvalue weighted by Crippen LogP contribution is -2.54. The predicted molar refractivity (Wildman–Crippen MR) is 109 cm³/mol. The number of carbonyl (C=O) groups is 2. The van der Waals surface area contributed by atoms with Gasteiger partial charge in [-0.2, -0.15) is 0 Å². The first-order chi connectivity index (χ1) is 13.7. The number of piperidine rings is 1. The number of anilines is 1.